The molecule has 2 rings (SSSR count). The summed E-state index contributed by atoms with van der Waals surface area (Å²) in [6.45, 7) is 8.12. The van der Waals surface area contributed by atoms with Crippen LogP contribution in [0.15, 0.2) is 35.3 Å². The van der Waals surface area contributed by atoms with E-state index in [2.05, 4.69) is 10.6 Å². The lowest BCUT2D eigenvalue weighted by Gasteiger charge is -2.42. The Bertz CT molecular complexity index is 618. The number of anilines is 1. The molecule has 0 aliphatic carbocycles. The Balaban J connectivity index is 2.21. The van der Waals surface area contributed by atoms with E-state index >= 15 is 0 Å². The summed E-state index contributed by atoms with van der Waals surface area (Å²) >= 11 is 0. The second-order valence-corrected chi connectivity index (χ2v) is 7.54. The summed E-state index contributed by atoms with van der Waals surface area (Å²) in [5.41, 5.74) is 0.179. The van der Waals surface area contributed by atoms with Gasteiger partial charge in [-0.25, -0.2) is 4.99 Å². The minimum Gasteiger partial charge on any atom is -0.326 e. The molecule has 0 spiro atoms. The highest BCUT2D eigenvalue weighted by molar-refractivity contribution is 5.94. The third kappa shape index (κ3) is 4.47. The molecule has 130 valence electrons. The summed E-state index contributed by atoms with van der Waals surface area (Å²) in [5.74, 6) is 0.439. The zero-order chi connectivity index (χ0) is 17.8. The molecule has 3 N–H and O–H groups in total. The molecule has 1 saturated heterocycles. The van der Waals surface area contributed by atoms with E-state index in [0.717, 1.165) is 18.5 Å². The van der Waals surface area contributed by atoms with E-state index in [9.17, 15) is 5.21 Å². The van der Waals surface area contributed by atoms with E-state index in [4.69, 9.17) is 10.3 Å². The molecule has 1 heterocycles. The SMILES string of the molecule is CC1(C)CCC(N=C(NC#N)Nc2ccccc2)CC(C)(C)N1O. The molecular formula is C18H27N5O. The number of nitriles is 1. The Labute approximate surface area is 144 Å². The van der Waals surface area contributed by atoms with Crippen molar-refractivity contribution in [2.45, 2.75) is 64.1 Å². The summed E-state index contributed by atoms with van der Waals surface area (Å²) in [5, 5.41) is 26.8. The third-order valence-electron chi connectivity index (χ3n) is 4.49. The van der Waals surface area contributed by atoms with Gasteiger partial charge < -0.3 is 10.5 Å². The Hall–Kier alpha value is -2.10. The van der Waals surface area contributed by atoms with Crippen LogP contribution in [0.1, 0.15) is 47.0 Å². The Morgan fingerprint density at radius 1 is 1.25 bits per heavy atom. The van der Waals surface area contributed by atoms with Crippen LogP contribution in [0.25, 0.3) is 0 Å². The number of rotatable bonds is 2. The zero-order valence-corrected chi connectivity index (χ0v) is 14.9. The lowest BCUT2D eigenvalue weighted by atomic mass is 9.94. The quantitative estimate of drug-likeness (QED) is 0.335. The second kappa shape index (κ2) is 7.20. The van der Waals surface area contributed by atoms with Crippen molar-refractivity contribution in [2.24, 2.45) is 4.99 Å². The fourth-order valence-electron chi connectivity index (χ4n) is 3.31. The normalized spacial score (nSPS) is 23.8. The van der Waals surface area contributed by atoms with Crippen LogP contribution in [0.4, 0.5) is 5.69 Å². The standard InChI is InChI=1S/C18H27N5O/c1-17(2)11-10-15(12-18(3,4)23(17)24)22-16(20-13-19)21-14-8-6-5-7-9-14/h5-9,15,24H,10-12H2,1-4H3,(H2,20,21,22). The second-order valence-electron chi connectivity index (χ2n) is 7.54. The number of nitrogens with one attached hydrogen (secondary N) is 2. The first-order valence-electron chi connectivity index (χ1n) is 8.29. The Kier molecular flexibility index (Phi) is 5.47. The Morgan fingerprint density at radius 2 is 1.92 bits per heavy atom. The van der Waals surface area contributed by atoms with Crippen molar-refractivity contribution < 1.29 is 5.21 Å². The average Bonchev–Trinajstić information content (AvgIpc) is 2.59. The van der Waals surface area contributed by atoms with Crippen LogP contribution in [0.3, 0.4) is 0 Å². The smallest absolute Gasteiger partial charge is 0.209 e. The van der Waals surface area contributed by atoms with Crippen molar-refractivity contribution in [3.63, 3.8) is 0 Å². The maximum atomic E-state index is 10.5. The van der Waals surface area contributed by atoms with Gasteiger partial charge in [0.05, 0.1) is 6.04 Å². The van der Waals surface area contributed by atoms with Gasteiger partial charge in [-0.1, -0.05) is 18.2 Å². The van der Waals surface area contributed by atoms with Crippen molar-refractivity contribution in [3.8, 4) is 6.19 Å². The highest BCUT2D eigenvalue weighted by Gasteiger charge is 2.41. The number of aliphatic imine (C=N–C) groups is 1. The molecule has 1 aliphatic rings. The topological polar surface area (TPSA) is 83.7 Å². The highest BCUT2D eigenvalue weighted by Crippen LogP contribution is 2.36. The lowest BCUT2D eigenvalue weighted by molar-refractivity contribution is -0.221. The van der Waals surface area contributed by atoms with E-state index in [-0.39, 0.29) is 11.6 Å². The molecule has 6 heteroatoms. The van der Waals surface area contributed by atoms with Crippen molar-refractivity contribution in [3.05, 3.63) is 30.3 Å². The number of para-hydroxylation sites is 1. The molecule has 0 aromatic heterocycles. The van der Waals surface area contributed by atoms with Gasteiger partial charge in [-0.3, -0.25) is 5.32 Å². The molecule has 1 aliphatic heterocycles. The molecule has 6 nitrogen and oxygen atoms in total. The highest BCUT2D eigenvalue weighted by atomic mass is 16.5. The fourth-order valence-corrected chi connectivity index (χ4v) is 3.31. The Morgan fingerprint density at radius 3 is 2.54 bits per heavy atom. The van der Waals surface area contributed by atoms with Gasteiger partial charge >= 0.3 is 0 Å². The van der Waals surface area contributed by atoms with Gasteiger partial charge in [0.25, 0.3) is 0 Å². The molecular weight excluding hydrogens is 302 g/mol. The molecule has 24 heavy (non-hydrogen) atoms. The molecule has 1 atom stereocenters. The van der Waals surface area contributed by atoms with Crippen LogP contribution in [0, 0.1) is 11.5 Å². The summed E-state index contributed by atoms with van der Waals surface area (Å²) in [6, 6.07) is 9.64. The first-order valence-corrected chi connectivity index (χ1v) is 8.29. The minimum atomic E-state index is -0.390. The molecule has 1 aromatic rings. The van der Waals surface area contributed by atoms with Crippen LogP contribution >= 0.6 is 0 Å². The van der Waals surface area contributed by atoms with E-state index in [0.29, 0.717) is 12.4 Å². The number of hydroxylamine groups is 2. The number of hydrogen-bond donors (Lipinski definition) is 3. The van der Waals surface area contributed by atoms with Crippen molar-refractivity contribution in [1.82, 2.24) is 10.4 Å². The summed E-state index contributed by atoms with van der Waals surface area (Å²) in [6.07, 6.45) is 4.32. The van der Waals surface area contributed by atoms with E-state index in [1.807, 2.05) is 64.2 Å². The van der Waals surface area contributed by atoms with Gasteiger partial charge in [0.1, 0.15) is 0 Å². The van der Waals surface area contributed by atoms with Gasteiger partial charge in [-0.2, -0.15) is 10.3 Å². The van der Waals surface area contributed by atoms with Crippen LogP contribution < -0.4 is 10.6 Å². The lowest BCUT2D eigenvalue weighted by Crippen LogP contribution is -2.52. The number of hydrogen-bond acceptors (Lipinski definition) is 4. The summed E-state index contributed by atoms with van der Waals surface area (Å²) in [4.78, 5) is 4.71. The number of nitrogens with zero attached hydrogens (tertiary/aromatic N) is 3. The largest absolute Gasteiger partial charge is 0.326 e. The molecule has 0 radical (unpaired) electrons. The summed E-state index contributed by atoms with van der Waals surface area (Å²) in [7, 11) is 0. The first-order chi connectivity index (χ1) is 11.2. The predicted molar refractivity (Wildman–Crippen MR) is 95.7 cm³/mol. The maximum absolute atomic E-state index is 10.5. The zero-order valence-electron chi connectivity index (χ0n) is 14.9. The van der Waals surface area contributed by atoms with Gasteiger partial charge in [-0.15, -0.1) is 0 Å². The van der Waals surface area contributed by atoms with Gasteiger partial charge in [0.2, 0.25) is 5.96 Å². The number of benzene rings is 1. The molecule has 1 aromatic carbocycles. The molecule has 0 saturated carbocycles. The van der Waals surface area contributed by atoms with Crippen LogP contribution in [0.2, 0.25) is 0 Å². The number of guanidine groups is 1. The minimum absolute atomic E-state index is 0.0171. The van der Waals surface area contributed by atoms with Crippen molar-refractivity contribution in [1.29, 1.82) is 5.26 Å². The fraction of sp³-hybridized carbons (Fsp3) is 0.556. The average molecular weight is 329 g/mol. The van der Waals surface area contributed by atoms with Gasteiger partial charge in [-0.05, 0) is 59.1 Å². The first kappa shape index (κ1) is 18.2. The summed E-state index contributed by atoms with van der Waals surface area (Å²) < 4.78 is 0. The molecule has 0 amide bonds. The van der Waals surface area contributed by atoms with Crippen molar-refractivity contribution >= 4 is 11.6 Å². The van der Waals surface area contributed by atoms with E-state index in [1.165, 1.54) is 5.06 Å². The third-order valence-corrected chi connectivity index (χ3v) is 4.49. The van der Waals surface area contributed by atoms with Crippen molar-refractivity contribution in [2.75, 3.05) is 5.32 Å². The maximum Gasteiger partial charge on any atom is 0.209 e. The van der Waals surface area contributed by atoms with Crippen LogP contribution in [-0.4, -0.2) is 33.3 Å². The monoisotopic (exact) mass is 329 g/mol. The molecule has 0 bridgehead atoms. The molecule has 1 fully saturated rings. The van der Waals surface area contributed by atoms with Crippen LogP contribution in [0.5, 0.6) is 0 Å². The van der Waals surface area contributed by atoms with E-state index < -0.39 is 5.54 Å². The van der Waals surface area contributed by atoms with Gasteiger partial charge in [0.15, 0.2) is 6.19 Å². The van der Waals surface area contributed by atoms with Gasteiger partial charge in [0, 0.05) is 16.8 Å². The molecule has 1 unspecified atom stereocenters. The van der Waals surface area contributed by atoms with Crippen LogP contribution in [-0.2, 0) is 0 Å². The van der Waals surface area contributed by atoms with E-state index in [1.54, 1.807) is 0 Å². The predicted octanol–water partition coefficient (Wildman–Crippen LogP) is 3.33.